The predicted molar refractivity (Wildman–Crippen MR) is 132 cm³/mol. The topological polar surface area (TPSA) is 67.4 Å². The first-order valence-corrected chi connectivity index (χ1v) is 9.75. The third-order valence-electron chi connectivity index (χ3n) is 5.11. The first-order valence-electron chi connectivity index (χ1n) is 9.75. The molecule has 2 aromatic carbocycles. The summed E-state index contributed by atoms with van der Waals surface area (Å²) in [6.45, 7) is 2.53. The number of methoxy groups -OCH3 is 3. The second kappa shape index (κ2) is 11.7. The van der Waals surface area contributed by atoms with Gasteiger partial charge in [-0.1, -0.05) is 18.2 Å². The highest BCUT2D eigenvalue weighted by atomic mass is 127. The molecule has 1 aliphatic rings. The van der Waals surface area contributed by atoms with Gasteiger partial charge >= 0.3 is 0 Å². The highest BCUT2D eigenvalue weighted by Gasteiger charge is 2.23. The summed E-state index contributed by atoms with van der Waals surface area (Å²) in [5.41, 5.74) is 2.22. The molecule has 1 heterocycles. The molecule has 0 spiro atoms. The number of nitrogens with zero attached hydrogens (tertiary/aromatic N) is 2. The second-order valence-corrected chi connectivity index (χ2v) is 6.83. The van der Waals surface area contributed by atoms with Crippen LogP contribution in [0.3, 0.4) is 0 Å². The van der Waals surface area contributed by atoms with E-state index in [4.69, 9.17) is 14.2 Å². The molecule has 164 valence electrons. The number of para-hydroxylation sites is 1. The van der Waals surface area contributed by atoms with Crippen LogP contribution in [-0.2, 0) is 6.54 Å². The standard InChI is InChI=1S/C22H30N4O3.HI/c1-23-22(25-17-12-13-26(15-17)18-8-6-5-7-9-18)24-14-16-10-11-19(27-2)21(29-4)20(16)28-3;/h5-11,17H,12-15H2,1-4H3,(H2,23,24,25);1H. The number of ether oxygens (including phenoxy) is 3. The lowest BCUT2D eigenvalue weighted by Gasteiger charge is -2.21. The Labute approximate surface area is 195 Å². The van der Waals surface area contributed by atoms with Crippen molar-refractivity contribution in [2.75, 3.05) is 46.4 Å². The van der Waals surface area contributed by atoms with Crippen LogP contribution in [-0.4, -0.2) is 53.5 Å². The molecule has 8 heteroatoms. The van der Waals surface area contributed by atoms with Gasteiger partial charge in [0.15, 0.2) is 17.5 Å². The van der Waals surface area contributed by atoms with Crippen molar-refractivity contribution in [1.29, 1.82) is 0 Å². The van der Waals surface area contributed by atoms with Crippen LogP contribution in [0.1, 0.15) is 12.0 Å². The Hall–Kier alpha value is -2.36. The first-order chi connectivity index (χ1) is 14.2. The minimum Gasteiger partial charge on any atom is -0.493 e. The smallest absolute Gasteiger partial charge is 0.203 e. The molecule has 1 unspecified atom stereocenters. The third kappa shape index (κ3) is 5.62. The van der Waals surface area contributed by atoms with Gasteiger partial charge in [0.25, 0.3) is 0 Å². The molecule has 2 aromatic rings. The fourth-order valence-electron chi connectivity index (χ4n) is 3.62. The van der Waals surface area contributed by atoms with E-state index in [-0.39, 0.29) is 24.0 Å². The molecule has 1 aliphatic heterocycles. The summed E-state index contributed by atoms with van der Waals surface area (Å²) in [6.07, 6.45) is 1.06. The normalized spacial score (nSPS) is 15.9. The zero-order valence-corrected chi connectivity index (χ0v) is 20.3. The molecule has 0 saturated carbocycles. The van der Waals surface area contributed by atoms with Crippen LogP contribution in [0, 0.1) is 0 Å². The Morgan fingerprint density at radius 3 is 2.40 bits per heavy atom. The van der Waals surface area contributed by atoms with E-state index in [1.54, 1.807) is 28.4 Å². The van der Waals surface area contributed by atoms with Gasteiger partial charge in [0.05, 0.1) is 21.3 Å². The zero-order valence-electron chi connectivity index (χ0n) is 18.0. The molecular weight excluding hydrogens is 495 g/mol. The molecule has 1 fully saturated rings. The van der Waals surface area contributed by atoms with Crippen LogP contribution in [0.5, 0.6) is 17.2 Å². The van der Waals surface area contributed by atoms with Gasteiger partial charge in [-0.2, -0.15) is 0 Å². The highest BCUT2D eigenvalue weighted by molar-refractivity contribution is 14.0. The van der Waals surface area contributed by atoms with Crippen molar-refractivity contribution in [1.82, 2.24) is 10.6 Å². The zero-order chi connectivity index (χ0) is 20.6. The molecule has 1 atom stereocenters. The Bertz CT molecular complexity index is 833. The molecule has 0 aromatic heterocycles. The van der Waals surface area contributed by atoms with Crippen LogP contribution >= 0.6 is 24.0 Å². The summed E-state index contributed by atoms with van der Waals surface area (Å²) in [6, 6.07) is 14.7. The van der Waals surface area contributed by atoms with Crippen LogP contribution in [0.4, 0.5) is 5.69 Å². The molecule has 0 aliphatic carbocycles. The Balaban J connectivity index is 0.00000320. The monoisotopic (exact) mass is 526 g/mol. The van der Waals surface area contributed by atoms with Gasteiger partial charge in [-0.3, -0.25) is 4.99 Å². The van der Waals surface area contributed by atoms with Gasteiger partial charge in [0.2, 0.25) is 5.75 Å². The van der Waals surface area contributed by atoms with Gasteiger partial charge in [-0.05, 0) is 30.7 Å². The maximum Gasteiger partial charge on any atom is 0.203 e. The number of benzene rings is 2. The lowest BCUT2D eigenvalue weighted by molar-refractivity contribution is 0.322. The van der Waals surface area contributed by atoms with Gasteiger partial charge < -0.3 is 29.7 Å². The van der Waals surface area contributed by atoms with Gasteiger partial charge in [-0.15, -0.1) is 24.0 Å². The van der Waals surface area contributed by atoms with Gasteiger partial charge in [-0.25, -0.2) is 0 Å². The quantitative estimate of drug-likeness (QED) is 0.328. The molecule has 0 amide bonds. The summed E-state index contributed by atoms with van der Waals surface area (Å²) in [4.78, 5) is 6.77. The second-order valence-electron chi connectivity index (χ2n) is 6.83. The average Bonchev–Trinajstić information content (AvgIpc) is 3.24. The van der Waals surface area contributed by atoms with Crippen molar-refractivity contribution >= 4 is 35.6 Å². The van der Waals surface area contributed by atoms with Crippen molar-refractivity contribution in [2.24, 2.45) is 4.99 Å². The third-order valence-corrected chi connectivity index (χ3v) is 5.11. The average molecular weight is 526 g/mol. The van der Waals surface area contributed by atoms with Crippen molar-refractivity contribution < 1.29 is 14.2 Å². The number of hydrogen-bond acceptors (Lipinski definition) is 5. The maximum absolute atomic E-state index is 5.56. The van der Waals surface area contributed by atoms with E-state index in [1.165, 1.54) is 5.69 Å². The molecule has 3 rings (SSSR count). The van der Waals surface area contributed by atoms with Gasteiger partial charge in [0.1, 0.15) is 0 Å². The molecule has 1 saturated heterocycles. The van der Waals surface area contributed by atoms with Crippen molar-refractivity contribution in [3.05, 3.63) is 48.0 Å². The molecule has 0 bridgehead atoms. The predicted octanol–water partition coefficient (Wildman–Crippen LogP) is 3.27. The molecular formula is C22H31IN4O3. The van der Waals surface area contributed by atoms with Crippen LogP contribution in [0.25, 0.3) is 0 Å². The van der Waals surface area contributed by atoms with Crippen molar-refractivity contribution in [3.8, 4) is 17.2 Å². The van der Waals surface area contributed by atoms with E-state index in [2.05, 4.69) is 44.8 Å². The molecule has 7 nitrogen and oxygen atoms in total. The lowest BCUT2D eigenvalue weighted by atomic mass is 10.1. The SMILES string of the molecule is CN=C(NCc1ccc(OC)c(OC)c1OC)NC1CCN(c2ccccc2)C1.I. The van der Waals surface area contributed by atoms with E-state index in [0.717, 1.165) is 31.0 Å². The first kappa shape index (κ1) is 23.9. The van der Waals surface area contributed by atoms with Gasteiger partial charge in [0, 0.05) is 44.0 Å². The van der Waals surface area contributed by atoms with E-state index in [1.807, 2.05) is 18.2 Å². The molecule has 30 heavy (non-hydrogen) atoms. The fourth-order valence-corrected chi connectivity index (χ4v) is 3.62. The van der Waals surface area contributed by atoms with E-state index >= 15 is 0 Å². The Morgan fingerprint density at radius 1 is 1.03 bits per heavy atom. The highest BCUT2D eigenvalue weighted by Crippen LogP contribution is 2.39. The number of rotatable bonds is 7. The summed E-state index contributed by atoms with van der Waals surface area (Å²) >= 11 is 0. The van der Waals surface area contributed by atoms with E-state index in [0.29, 0.717) is 29.8 Å². The Morgan fingerprint density at radius 2 is 1.77 bits per heavy atom. The van der Waals surface area contributed by atoms with Crippen LogP contribution in [0.15, 0.2) is 47.5 Å². The fraction of sp³-hybridized carbons (Fsp3) is 0.409. The summed E-state index contributed by atoms with van der Waals surface area (Å²) in [5, 5.41) is 6.90. The number of guanidine groups is 1. The summed E-state index contributed by atoms with van der Waals surface area (Å²) in [7, 11) is 6.63. The minimum atomic E-state index is 0. The van der Waals surface area contributed by atoms with E-state index < -0.39 is 0 Å². The number of hydrogen-bond donors (Lipinski definition) is 2. The minimum absolute atomic E-state index is 0. The number of aliphatic imine (C=N–C) groups is 1. The van der Waals surface area contributed by atoms with Crippen molar-refractivity contribution in [3.63, 3.8) is 0 Å². The lowest BCUT2D eigenvalue weighted by Crippen LogP contribution is -2.44. The summed E-state index contributed by atoms with van der Waals surface area (Å²) < 4.78 is 16.4. The molecule has 0 radical (unpaired) electrons. The number of halogens is 1. The van der Waals surface area contributed by atoms with Crippen molar-refractivity contribution in [2.45, 2.75) is 19.0 Å². The van der Waals surface area contributed by atoms with Crippen LogP contribution < -0.4 is 29.7 Å². The molecule has 2 N–H and O–H groups in total. The largest absolute Gasteiger partial charge is 0.493 e. The maximum atomic E-state index is 5.56. The summed E-state index contributed by atoms with van der Waals surface area (Å²) in [5.74, 6) is 2.65. The Kier molecular flexibility index (Phi) is 9.35. The van der Waals surface area contributed by atoms with E-state index in [9.17, 15) is 0 Å². The number of nitrogens with one attached hydrogen (secondary N) is 2. The van der Waals surface area contributed by atoms with Crippen LogP contribution in [0.2, 0.25) is 0 Å². The number of anilines is 1.